The predicted octanol–water partition coefficient (Wildman–Crippen LogP) is 4.52. The van der Waals surface area contributed by atoms with Crippen molar-refractivity contribution in [2.75, 3.05) is 24.0 Å². The highest BCUT2D eigenvalue weighted by atomic mass is 79.9. The van der Waals surface area contributed by atoms with Gasteiger partial charge < -0.3 is 10.2 Å². The van der Waals surface area contributed by atoms with Crippen LogP contribution < -0.4 is 10.2 Å². The van der Waals surface area contributed by atoms with Crippen molar-refractivity contribution in [3.63, 3.8) is 0 Å². The molecule has 0 spiro atoms. The fraction of sp³-hybridized carbons (Fsp3) is 0.625. The van der Waals surface area contributed by atoms with Gasteiger partial charge in [-0.15, -0.1) is 0 Å². The molecule has 0 radical (unpaired) electrons. The minimum Gasteiger partial charge on any atom is -0.370 e. The number of halogens is 1. The topological polar surface area (TPSA) is 15.3 Å². The summed E-state index contributed by atoms with van der Waals surface area (Å²) < 4.78 is 1.15. The van der Waals surface area contributed by atoms with Gasteiger partial charge in [0.2, 0.25) is 0 Å². The van der Waals surface area contributed by atoms with Gasteiger partial charge in [0.15, 0.2) is 0 Å². The van der Waals surface area contributed by atoms with E-state index in [2.05, 4.69) is 78.4 Å². The minimum atomic E-state index is 0.505. The van der Waals surface area contributed by atoms with E-state index in [4.69, 9.17) is 0 Å². The first-order valence-electron chi connectivity index (χ1n) is 7.23. The average Bonchev–Trinajstić information content (AvgIpc) is 2.42. The fourth-order valence-corrected chi connectivity index (χ4v) is 3.41. The van der Waals surface area contributed by atoms with E-state index in [-0.39, 0.29) is 0 Å². The molecule has 0 aromatic heterocycles. The minimum absolute atomic E-state index is 0.505. The van der Waals surface area contributed by atoms with Crippen LogP contribution in [0.25, 0.3) is 0 Å². The fourth-order valence-electron chi connectivity index (χ4n) is 2.22. The Labute approximate surface area is 136 Å². The summed E-state index contributed by atoms with van der Waals surface area (Å²) in [5.74, 6) is 1.16. The molecule has 1 atom stereocenters. The summed E-state index contributed by atoms with van der Waals surface area (Å²) in [6.07, 6.45) is 3.35. The molecule has 0 amide bonds. The second-order valence-corrected chi connectivity index (χ2v) is 7.26. The largest absolute Gasteiger partial charge is 0.370 e. The van der Waals surface area contributed by atoms with E-state index < -0.39 is 0 Å². The zero-order valence-electron chi connectivity index (χ0n) is 13.2. The lowest BCUT2D eigenvalue weighted by molar-refractivity contribution is 0.585. The van der Waals surface area contributed by atoms with E-state index in [0.717, 1.165) is 16.8 Å². The number of thioether (sulfide) groups is 1. The third-order valence-electron chi connectivity index (χ3n) is 3.51. The Bertz CT molecular complexity index is 409. The van der Waals surface area contributed by atoms with Crippen LogP contribution in [-0.2, 0) is 6.54 Å². The maximum absolute atomic E-state index is 3.60. The quantitative estimate of drug-likeness (QED) is 0.734. The van der Waals surface area contributed by atoms with Gasteiger partial charge in [-0.1, -0.05) is 42.8 Å². The molecule has 1 unspecified atom stereocenters. The molecule has 4 heteroatoms. The van der Waals surface area contributed by atoms with Gasteiger partial charge in [-0.2, -0.15) is 11.8 Å². The van der Waals surface area contributed by atoms with Crippen LogP contribution in [0, 0.1) is 0 Å². The molecule has 1 aromatic rings. The molecular formula is C16H27BrN2S. The Balaban J connectivity index is 2.97. The Morgan fingerprint density at radius 3 is 2.60 bits per heavy atom. The van der Waals surface area contributed by atoms with Crippen molar-refractivity contribution in [2.45, 2.75) is 45.8 Å². The monoisotopic (exact) mass is 358 g/mol. The lowest BCUT2D eigenvalue weighted by Crippen LogP contribution is -2.34. The van der Waals surface area contributed by atoms with Gasteiger partial charge in [-0.3, -0.25) is 0 Å². The van der Waals surface area contributed by atoms with Crippen molar-refractivity contribution in [1.82, 2.24) is 5.32 Å². The van der Waals surface area contributed by atoms with E-state index in [1.165, 1.54) is 17.7 Å². The van der Waals surface area contributed by atoms with E-state index in [1.54, 1.807) is 0 Å². The first kappa shape index (κ1) is 17.9. The number of hydrogen-bond donors (Lipinski definition) is 1. The van der Waals surface area contributed by atoms with Crippen molar-refractivity contribution in [2.24, 2.45) is 0 Å². The molecule has 0 bridgehead atoms. The van der Waals surface area contributed by atoms with Gasteiger partial charge in [-0.05, 0) is 30.4 Å². The van der Waals surface area contributed by atoms with Crippen LogP contribution in [0.2, 0.25) is 0 Å². The molecule has 0 fully saturated rings. The molecule has 0 aliphatic carbocycles. The predicted molar refractivity (Wildman–Crippen MR) is 97.0 cm³/mol. The highest BCUT2D eigenvalue weighted by Crippen LogP contribution is 2.27. The summed E-state index contributed by atoms with van der Waals surface area (Å²) >= 11 is 5.52. The molecule has 1 N–H and O–H groups in total. The lowest BCUT2D eigenvalue weighted by Gasteiger charge is -2.31. The first-order valence-corrected chi connectivity index (χ1v) is 9.41. The second-order valence-electron chi connectivity index (χ2n) is 5.44. The summed E-state index contributed by atoms with van der Waals surface area (Å²) in [5, 5.41) is 3.52. The molecule has 0 aliphatic rings. The Morgan fingerprint density at radius 2 is 2.05 bits per heavy atom. The zero-order valence-corrected chi connectivity index (χ0v) is 15.6. The van der Waals surface area contributed by atoms with Crippen LogP contribution in [0.5, 0.6) is 0 Å². The van der Waals surface area contributed by atoms with Crippen molar-refractivity contribution in [3.05, 3.63) is 28.2 Å². The van der Waals surface area contributed by atoms with Crippen LogP contribution >= 0.6 is 27.7 Å². The van der Waals surface area contributed by atoms with Crippen molar-refractivity contribution >= 4 is 33.4 Å². The van der Waals surface area contributed by atoms with Gasteiger partial charge in [0.25, 0.3) is 0 Å². The van der Waals surface area contributed by atoms with Crippen molar-refractivity contribution in [1.29, 1.82) is 0 Å². The maximum Gasteiger partial charge on any atom is 0.0423 e. The molecule has 20 heavy (non-hydrogen) atoms. The molecule has 114 valence electrons. The first-order chi connectivity index (χ1) is 9.49. The summed E-state index contributed by atoms with van der Waals surface area (Å²) in [4.78, 5) is 2.43. The maximum atomic E-state index is 3.60. The Kier molecular flexibility index (Phi) is 8.00. The molecular weight excluding hydrogens is 332 g/mol. The van der Waals surface area contributed by atoms with Crippen molar-refractivity contribution in [3.8, 4) is 0 Å². The third-order valence-corrected chi connectivity index (χ3v) is 4.72. The Hall–Kier alpha value is -0.190. The number of nitrogens with zero attached hydrogens (tertiary/aromatic N) is 1. The molecule has 1 aromatic carbocycles. The molecule has 2 nitrogen and oxygen atoms in total. The van der Waals surface area contributed by atoms with E-state index in [9.17, 15) is 0 Å². The van der Waals surface area contributed by atoms with Gasteiger partial charge in [-0.25, -0.2) is 0 Å². The van der Waals surface area contributed by atoms with Crippen LogP contribution in [0.3, 0.4) is 0 Å². The SMILES string of the molecule is CCC(CSC)N(C)c1cc(Br)ccc1CNC(C)C. The normalized spacial score (nSPS) is 12.8. The lowest BCUT2D eigenvalue weighted by atomic mass is 10.1. The molecule has 0 aliphatic heterocycles. The second kappa shape index (κ2) is 8.96. The summed E-state index contributed by atoms with van der Waals surface area (Å²) in [5.41, 5.74) is 2.69. The average molecular weight is 359 g/mol. The summed E-state index contributed by atoms with van der Waals surface area (Å²) in [6, 6.07) is 7.67. The van der Waals surface area contributed by atoms with Gasteiger partial charge in [0.05, 0.1) is 0 Å². The number of hydrogen-bond acceptors (Lipinski definition) is 3. The van der Waals surface area contributed by atoms with Crippen LogP contribution in [0.1, 0.15) is 32.8 Å². The van der Waals surface area contributed by atoms with Crippen LogP contribution in [0.15, 0.2) is 22.7 Å². The number of anilines is 1. The van der Waals surface area contributed by atoms with E-state index in [0.29, 0.717) is 12.1 Å². The molecule has 1 rings (SSSR count). The standard InChI is InChI=1S/C16H27BrN2S/c1-6-15(11-20-5)19(4)16-9-14(17)8-7-13(16)10-18-12(2)3/h7-9,12,15,18H,6,10-11H2,1-5H3. The van der Waals surface area contributed by atoms with Gasteiger partial charge >= 0.3 is 0 Å². The number of benzene rings is 1. The van der Waals surface area contributed by atoms with Crippen LogP contribution in [-0.4, -0.2) is 31.1 Å². The highest BCUT2D eigenvalue weighted by Gasteiger charge is 2.16. The number of rotatable bonds is 8. The highest BCUT2D eigenvalue weighted by molar-refractivity contribution is 9.10. The van der Waals surface area contributed by atoms with Gasteiger partial charge in [0, 0.05) is 41.6 Å². The van der Waals surface area contributed by atoms with Crippen LogP contribution in [0.4, 0.5) is 5.69 Å². The molecule has 0 saturated carbocycles. The van der Waals surface area contributed by atoms with E-state index >= 15 is 0 Å². The van der Waals surface area contributed by atoms with Gasteiger partial charge in [0.1, 0.15) is 0 Å². The van der Waals surface area contributed by atoms with E-state index in [1.807, 2.05) is 11.8 Å². The summed E-state index contributed by atoms with van der Waals surface area (Å²) in [7, 11) is 2.21. The number of nitrogens with one attached hydrogen (secondary N) is 1. The molecule has 0 saturated heterocycles. The third kappa shape index (κ3) is 5.30. The molecule has 0 heterocycles. The van der Waals surface area contributed by atoms with Crippen molar-refractivity contribution < 1.29 is 0 Å². The summed E-state index contributed by atoms with van der Waals surface area (Å²) in [6.45, 7) is 7.55. The smallest absolute Gasteiger partial charge is 0.0423 e. The zero-order chi connectivity index (χ0) is 15.1. The Morgan fingerprint density at radius 1 is 1.35 bits per heavy atom.